The van der Waals surface area contributed by atoms with E-state index in [1.54, 1.807) is 0 Å². The summed E-state index contributed by atoms with van der Waals surface area (Å²) in [5.74, 6) is 0.925. The number of anilines is 2. The number of carbonyl (C=O) groups is 2. The van der Waals surface area contributed by atoms with Crippen molar-refractivity contribution < 1.29 is 9.59 Å². The van der Waals surface area contributed by atoms with Crippen LogP contribution in [0.15, 0.2) is 35.1 Å². The number of rotatable bonds is 3. The fraction of sp³-hybridized carbons (Fsp3) is 0.583. The van der Waals surface area contributed by atoms with Crippen LogP contribution in [-0.4, -0.2) is 71.1 Å². The molecule has 1 aliphatic carbocycles. The number of piperazine rings is 1. The lowest BCUT2D eigenvalue weighted by Crippen LogP contribution is -2.60. The van der Waals surface area contributed by atoms with Crippen LogP contribution in [0.4, 0.5) is 11.5 Å². The molecule has 2 unspecified atom stereocenters. The molecule has 5 aliphatic rings. The van der Waals surface area contributed by atoms with Crippen LogP contribution in [0, 0.1) is 0 Å². The molecule has 0 radical (unpaired) electrons. The van der Waals surface area contributed by atoms with E-state index in [0.717, 1.165) is 63.1 Å². The van der Waals surface area contributed by atoms with Gasteiger partial charge >= 0.3 is 0 Å². The average molecular weight is 465 g/mol. The third-order valence-electron chi connectivity index (χ3n) is 8.03. The number of pyridine rings is 1. The number of nitrogens with zero attached hydrogens (tertiary/aromatic N) is 4. The summed E-state index contributed by atoms with van der Waals surface area (Å²) in [4.78, 5) is 39.6. The lowest BCUT2D eigenvalue weighted by molar-refractivity contribution is -0.132. The van der Waals surface area contributed by atoms with Gasteiger partial charge in [0.2, 0.25) is 17.8 Å². The number of aromatic nitrogens is 1. The maximum Gasteiger partial charge on any atom is 0.248 e. The normalized spacial score (nSPS) is 31.9. The molecule has 4 N–H and O–H groups in total. The summed E-state index contributed by atoms with van der Waals surface area (Å²) in [7, 11) is 0. The predicted octanol–water partition coefficient (Wildman–Crippen LogP) is 0.896. The lowest BCUT2D eigenvalue weighted by atomic mass is 9.91. The summed E-state index contributed by atoms with van der Waals surface area (Å²) < 4.78 is 0. The molecule has 3 saturated heterocycles. The zero-order chi connectivity index (χ0) is 23.3. The fourth-order valence-corrected chi connectivity index (χ4v) is 6.45. The van der Waals surface area contributed by atoms with Gasteiger partial charge < -0.3 is 20.9 Å². The molecule has 4 aliphatic heterocycles. The first-order valence-electron chi connectivity index (χ1n) is 12.4. The molecule has 34 heavy (non-hydrogen) atoms. The number of guanidine groups is 1. The Hall–Kier alpha value is -2.98. The quantitative estimate of drug-likeness (QED) is 0.488. The first kappa shape index (κ1) is 21.5. The van der Waals surface area contributed by atoms with Crippen LogP contribution in [-0.2, 0) is 9.59 Å². The molecule has 10 heteroatoms. The molecule has 1 aromatic heterocycles. The SMILES string of the molecule is CC12N=C(Nc3ccc(N4CCNCC4)cn3)NC=C1CC1(CC(=O)NC1=O)N2C1CCCC1. The van der Waals surface area contributed by atoms with E-state index in [4.69, 9.17) is 4.99 Å². The fourth-order valence-electron chi connectivity index (χ4n) is 6.45. The summed E-state index contributed by atoms with van der Waals surface area (Å²) in [6, 6.07) is 4.28. The highest BCUT2D eigenvalue weighted by molar-refractivity contribution is 6.09. The van der Waals surface area contributed by atoms with Gasteiger partial charge in [-0.05, 0) is 37.5 Å². The highest BCUT2D eigenvalue weighted by Gasteiger charge is 2.65. The molecular weight excluding hydrogens is 432 g/mol. The standard InChI is InChI=1S/C24H32N8O2/c1-23-16(12-24(13-20(33)29-21(24)34)32(23)17-4-2-3-5-17)14-27-22(30-23)28-19-7-6-18(15-26-19)31-10-8-25-9-11-31/h6-7,14-15,17,25H,2-5,8-13H2,1H3,(H,29,33,34)(H2,26,27,28,30). The largest absolute Gasteiger partial charge is 0.368 e. The third kappa shape index (κ3) is 3.39. The van der Waals surface area contributed by atoms with Gasteiger partial charge in [-0.1, -0.05) is 12.8 Å². The van der Waals surface area contributed by atoms with Crippen molar-refractivity contribution in [3.05, 3.63) is 30.1 Å². The Morgan fingerprint density at radius 3 is 2.59 bits per heavy atom. The van der Waals surface area contributed by atoms with Crippen molar-refractivity contribution in [2.45, 2.75) is 62.7 Å². The van der Waals surface area contributed by atoms with Gasteiger partial charge in [0.05, 0.1) is 18.3 Å². The maximum absolute atomic E-state index is 13.1. The summed E-state index contributed by atoms with van der Waals surface area (Å²) in [6.45, 7) is 5.99. The highest BCUT2D eigenvalue weighted by Crippen LogP contribution is 2.53. The number of imide groups is 1. The zero-order valence-corrected chi connectivity index (χ0v) is 19.6. The molecule has 0 aromatic carbocycles. The second-order valence-corrected chi connectivity index (χ2v) is 10.1. The number of nitrogens with one attached hydrogen (secondary N) is 4. The average Bonchev–Trinajstić information content (AvgIpc) is 3.51. The van der Waals surface area contributed by atoms with E-state index in [1.807, 2.05) is 18.5 Å². The molecule has 10 nitrogen and oxygen atoms in total. The minimum Gasteiger partial charge on any atom is -0.368 e. The molecule has 1 aromatic rings. The summed E-state index contributed by atoms with van der Waals surface area (Å²) in [6.07, 6.45) is 8.87. The Bertz CT molecular complexity index is 1060. The molecule has 5 heterocycles. The monoisotopic (exact) mass is 464 g/mol. The smallest absolute Gasteiger partial charge is 0.248 e. The molecule has 1 saturated carbocycles. The van der Waals surface area contributed by atoms with E-state index in [2.05, 4.69) is 49.0 Å². The van der Waals surface area contributed by atoms with E-state index in [1.165, 1.54) is 0 Å². The first-order valence-corrected chi connectivity index (χ1v) is 12.4. The highest BCUT2D eigenvalue weighted by atomic mass is 16.2. The minimum atomic E-state index is -0.851. The van der Waals surface area contributed by atoms with E-state index in [0.29, 0.717) is 18.2 Å². The van der Waals surface area contributed by atoms with Crippen LogP contribution in [0.2, 0.25) is 0 Å². The van der Waals surface area contributed by atoms with Gasteiger partial charge in [0.25, 0.3) is 0 Å². The third-order valence-corrected chi connectivity index (χ3v) is 8.03. The Morgan fingerprint density at radius 1 is 1.12 bits per heavy atom. The Morgan fingerprint density at radius 2 is 1.91 bits per heavy atom. The number of hydrogen-bond acceptors (Lipinski definition) is 9. The van der Waals surface area contributed by atoms with Gasteiger partial charge in [-0.15, -0.1) is 0 Å². The van der Waals surface area contributed by atoms with Crippen molar-refractivity contribution in [3.63, 3.8) is 0 Å². The van der Waals surface area contributed by atoms with Gasteiger partial charge in [0.15, 0.2) is 0 Å². The minimum absolute atomic E-state index is 0.184. The maximum atomic E-state index is 13.1. The van der Waals surface area contributed by atoms with E-state index in [-0.39, 0.29) is 24.3 Å². The van der Waals surface area contributed by atoms with Crippen LogP contribution < -0.4 is 26.2 Å². The van der Waals surface area contributed by atoms with Crippen LogP contribution in [0.3, 0.4) is 0 Å². The second kappa shape index (κ2) is 8.06. The van der Waals surface area contributed by atoms with Crippen molar-refractivity contribution >= 4 is 29.3 Å². The van der Waals surface area contributed by atoms with Gasteiger partial charge in [-0.25, -0.2) is 9.98 Å². The molecule has 4 fully saturated rings. The number of hydrogen-bond donors (Lipinski definition) is 4. The van der Waals surface area contributed by atoms with Crippen LogP contribution >= 0.6 is 0 Å². The van der Waals surface area contributed by atoms with Crippen molar-refractivity contribution in [1.29, 1.82) is 0 Å². The Kier molecular flexibility index (Phi) is 5.11. The molecular formula is C24H32N8O2. The van der Waals surface area contributed by atoms with Crippen LogP contribution in [0.5, 0.6) is 0 Å². The van der Waals surface area contributed by atoms with E-state index in [9.17, 15) is 9.59 Å². The molecule has 1 spiro atoms. The topological polar surface area (TPSA) is 114 Å². The van der Waals surface area contributed by atoms with Crippen molar-refractivity contribution in [2.75, 3.05) is 36.4 Å². The molecule has 180 valence electrons. The summed E-state index contributed by atoms with van der Waals surface area (Å²) >= 11 is 0. The summed E-state index contributed by atoms with van der Waals surface area (Å²) in [5.41, 5.74) is 0.612. The van der Waals surface area contributed by atoms with Crippen LogP contribution in [0.25, 0.3) is 0 Å². The Labute approximate surface area is 199 Å². The van der Waals surface area contributed by atoms with Gasteiger partial charge in [0.1, 0.15) is 17.0 Å². The van der Waals surface area contributed by atoms with Crippen molar-refractivity contribution in [2.24, 2.45) is 4.99 Å². The van der Waals surface area contributed by atoms with Gasteiger partial charge in [0, 0.05) is 44.8 Å². The van der Waals surface area contributed by atoms with E-state index < -0.39 is 11.2 Å². The number of fused-ring (bicyclic) bond motifs is 1. The molecule has 6 rings (SSSR count). The number of likely N-dealkylation sites (tertiary alicyclic amines) is 1. The van der Waals surface area contributed by atoms with Crippen molar-refractivity contribution in [3.8, 4) is 0 Å². The number of aliphatic imine (C=N–C) groups is 1. The first-order chi connectivity index (χ1) is 16.5. The molecule has 2 atom stereocenters. The van der Waals surface area contributed by atoms with Crippen molar-refractivity contribution in [1.82, 2.24) is 25.8 Å². The van der Waals surface area contributed by atoms with E-state index >= 15 is 0 Å². The second-order valence-electron chi connectivity index (χ2n) is 10.1. The van der Waals surface area contributed by atoms with Crippen LogP contribution in [0.1, 0.15) is 45.4 Å². The summed E-state index contributed by atoms with van der Waals surface area (Å²) in [5, 5.41) is 12.5. The molecule has 2 amide bonds. The predicted molar refractivity (Wildman–Crippen MR) is 129 cm³/mol. The zero-order valence-electron chi connectivity index (χ0n) is 19.6. The van der Waals surface area contributed by atoms with Gasteiger partial charge in [-0.3, -0.25) is 19.8 Å². The molecule has 0 bridgehead atoms. The number of amides is 2. The Balaban J connectivity index is 1.27. The number of carbonyl (C=O) groups excluding carboxylic acids is 2. The van der Waals surface area contributed by atoms with Gasteiger partial charge in [-0.2, -0.15) is 0 Å². The lowest BCUT2D eigenvalue weighted by Gasteiger charge is -2.44.